The second kappa shape index (κ2) is 7.13. The van der Waals surface area contributed by atoms with Gasteiger partial charge in [0.25, 0.3) is 5.91 Å². The summed E-state index contributed by atoms with van der Waals surface area (Å²) in [5, 5.41) is 0. The lowest BCUT2D eigenvalue weighted by molar-refractivity contribution is 0.0772. The number of carbonyl (C=O) groups excluding carboxylic acids is 1. The third kappa shape index (κ3) is 3.45. The molecule has 3 heterocycles. The number of ether oxygens (including phenoxy) is 1. The van der Waals surface area contributed by atoms with Gasteiger partial charge in [0.05, 0.1) is 12.1 Å². The molecule has 0 N–H and O–H groups in total. The Labute approximate surface area is 148 Å². The molecule has 2 aliphatic heterocycles. The maximum absolute atomic E-state index is 13.0. The molecule has 2 aromatic rings. The first-order valence-electron chi connectivity index (χ1n) is 9.02. The van der Waals surface area contributed by atoms with Crippen molar-refractivity contribution in [2.45, 2.75) is 25.4 Å². The largest absolute Gasteiger partial charge is 0.489 e. The number of anilines is 1. The van der Waals surface area contributed by atoms with Crippen LogP contribution >= 0.6 is 0 Å². The number of hydrogen-bond acceptors (Lipinski definition) is 4. The summed E-state index contributed by atoms with van der Waals surface area (Å²) in [6.07, 6.45) is 5.02. The number of nitrogens with zero attached hydrogens (tertiary/aromatic N) is 3. The standard InChI is InChI=1S/C20H23N3O2/c24-20(18-9-6-11-21-19(18)22-12-4-5-13-22)23-14-10-17(15-23)25-16-7-2-1-3-8-16/h1-3,6-9,11,17H,4-5,10,12-15H2/t17-/m1/s1. The number of rotatable bonds is 4. The van der Waals surface area contributed by atoms with E-state index in [9.17, 15) is 4.79 Å². The van der Waals surface area contributed by atoms with Crippen LogP contribution in [0.4, 0.5) is 5.82 Å². The number of likely N-dealkylation sites (tertiary alicyclic amines) is 1. The predicted molar refractivity (Wildman–Crippen MR) is 97.1 cm³/mol. The Hall–Kier alpha value is -2.56. The first-order chi connectivity index (χ1) is 12.3. The first-order valence-corrected chi connectivity index (χ1v) is 9.02. The Balaban J connectivity index is 1.45. The van der Waals surface area contributed by atoms with Gasteiger partial charge >= 0.3 is 0 Å². The van der Waals surface area contributed by atoms with Crippen molar-refractivity contribution < 1.29 is 9.53 Å². The smallest absolute Gasteiger partial charge is 0.257 e. The average Bonchev–Trinajstić information content (AvgIpc) is 3.34. The van der Waals surface area contributed by atoms with Crippen LogP contribution in [0.3, 0.4) is 0 Å². The quantitative estimate of drug-likeness (QED) is 0.860. The van der Waals surface area contributed by atoms with E-state index in [0.717, 1.165) is 37.6 Å². The van der Waals surface area contributed by atoms with Crippen molar-refractivity contribution in [3.8, 4) is 5.75 Å². The van der Waals surface area contributed by atoms with Crippen LogP contribution in [0, 0.1) is 0 Å². The molecule has 2 fully saturated rings. The fourth-order valence-corrected chi connectivity index (χ4v) is 3.62. The Morgan fingerprint density at radius 3 is 2.64 bits per heavy atom. The molecule has 1 aromatic carbocycles. The molecule has 0 bridgehead atoms. The lowest BCUT2D eigenvalue weighted by Crippen LogP contribution is -2.33. The highest BCUT2D eigenvalue weighted by Gasteiger charge is 2.30. The van der Waals surface area contributed by atoms with E-state index in [2.05, 4.69) is 9.88 Å². The van der Waals surface area contributed by atoms with Gasteiger partial charge in [0.15, 0.2) is 0 Å². The molecule has 1 atom stereocenters. The maximum Gasteiger partial charge on any atom is 0.257 e. The summed E-state index contributed by atoms with van der Waals surface area (Å²) in [6, 6.07) is 13.6. The van der Waals surface area contributed by atoms with Gasteiger partial charge in [-0.1, -0.05) is 18.2 Å². The van der Waals surface area contributed by atoms with E-state index in [1.807, 2.05) is 47.4 Å². The van der Waals surface area contributed by atoms with E-state index in [-0.39, 0.29) is 12.0 Å². The second-order valence-electron chi connectivity index (χ2n) is 6.66. The molecule has 2 saturated heterocycles. The molecule has 5 nitrogen and oxygen atoms in total. The van der Waals surface area contributed by atoms with Crippen molar-refractivity contribution in [2.75, 3.05) is 31.1 Å². The van der Waals surface area contributed by atoms with Crippen LogP contribution in [-0.2, 0) is 0 Å². The SMILES string of the molecule is O=C(c1cccnc1N1CCCC1)N1CC[C@@H](Oc2ccccc2)C1. The molecule has 1 amide bonds. The summed E-state index contributed by atoms with van der Waals surface area (Å²) in [6.45, 7) is 3.32. The summed E-state index contributed by atoms with van der Waals surface area (Å²) in [5.74, 6) is 1.76. The van der Waals surface area contributed by atoms with Crippen molar-refractivity contribution in [3.63, 3.8) is 0 Å². The molecule has 1 aromatic heterocycles. The summed E-state index contributed by atoms with van der Waals surface area (Å²) in [7, 11) is 0. The molecule has 4 rings (SSSR count). The summed E-state index contributed by atoms with van der Waals surface area (Å²) >= 11 is 0. The highest BCUT2D eigenvalue weighted by Crippen LogP contribution is 2.25. The number of pyridine rings is 1. The van der Waals surface area contributed by atoms with Gasteiger partial charge in [-0.2, -0.15) is 0 Å². The monoisotopic (exact) mass is 337 g/mol. The average molecular weight is 337 g/mol. The van der Waals surface area contributed by atoms with Gasteiger partial charge in [0.2, 0.25) is 0 Å². The van der Waals surface area contributed by atoms with Crippen LogP contribution in [0.1, 0.15) is 29.6 Å². The maximum atomic E-state index is 13.0. The molecular formula is C20H23N3O2. The van der Waals surface area contributed by atoms with E-state index in [1.54, 1.807) is 6.20 Å². The topological polar surface area (TPSA) is 45.7 Å². The van der Waals surface area contributed by atoms with Crippen molar-refractivity contribution >= 4 is 11.7 Å². The Morgan fingerprint density at radius 1 is 1.04 bits per heavy atom. The van der Waals surface area contributed by atoms with Gasteiger partial charge in [-0.25, -0.2) is 4.98 Å². The molecule has 0 saturated carbocycles. The number of amides is 1. The fourth-order valence-electron chi connectivity index (χ4n) is 3.62. The number of aromatic nitrogens is 1. The summed E-state index contributed by atoms with van der Waals surface area (Å²) < 4.78 is 6.00. The number of benzene rings is 1. The van der Waals surface area contributed by atoms with Crippen LogP contribution < -0.4 is 9.64 Å². The number of hydrogen-bond donors (Lipinski definition) is 0. The minimum Gasteiger partial charge on any atom is -0.489 e. The van der Waals surface area contributed by atoms with E-state index in [4.69, 9.17) is 4.74 Å². The van der Waals surface area contributed by atoms with Gasteiger partial charge in [0, 0.05) is 32.3 Å². The van der Waals surface area contributed by atoms with Crippen molar-refractivity contribution in [1.82, 2.24) is 9.88 Å². The van der Waals surface area contributed by atoms with Gasteiger partial charge in [0.1, 0.15) is 17.7 Å². The highest BCUT2D eigenvalue weighted by atomic mass is 16.5. The fraction of sp³-hybridized carbons (Fsp3) is 0.400. The van der Waals surface area contributed by atoms with E-state index < -0.39 is 0 Å². The van der Waals surface area contributed by atoms with Crippen molar-refractivity contribution in [2.24, 2.45) is 0 Å². The molecule has 0 spiro atoms. The van der Waals surface area contributed by atoms with Crippen LogP contribution in [0.15, 0.2) is 48.7 Å². The lowest BCUT2D eigenvalue weighted by atomic mass is 10.2. The van der Waals surface area contributed by atoms with Crippen LogP contribution in [0.2, 0.25) is 0 Å². The van der Waals surface area contributed by atoms with E-state index in [0.29, 0.717) is 12.1 Å². The molecule has 2 aliphatic rings. The van der Waals surface area contributed by atoms with Crippen molar-refractivity contribution in [1.29, 1.82) is 0 Å². The zero-order valence-corrected chi connectivity index (χ0v) is 14.3. The molecule has 5 heteroatoms. The predicted octanol–water partition coefficient (Wildman–Crippen LogP) is 2.98. The minimum atomic E-state index is 0.0539. The van der Waals surface area contributed by atoms with E-state index in [1.165, 1.54) is 12.8 Å². The highest BCUT2D eigenvalue weighted by molar-refractivity contribution is 5.99. The Kier molecular flexibility index (Phi) is 4.55. The van der Waals surface area contributed by atoms with Crippen LogP contribution in [0.25, 0.3) is 0 Å². The molecular weight excluding hydrogens is 314 g/mol. The van der Waals surface area contributed by atoms with Crippen LogP contribution in [0.5, 0.6) is 5.75 Å². The lowest BCUT2D eigenvalue weighted by Gasteiger charge is -2.22. The Bertz CT molecular complexity index is 729. The molecule has 25 heavy (non-hydrogen) atoms. The normalized spacial score (nSPS) is 20.1. The molecule has 0 aliphatic carbocycles. The number of para-hydroxylation sites is 1. The third-order valence-corrected chi connectivity index (χ3v) is 4.90. The molecule has 130 valence electrons. The van der Waals surface area contributed by atoms with Crippen molar-refractivity contribution in [3.05, 3.63) is 54.2 Å². The van der Waals surface area contributed by atoms with Gasteiger partial charge in [-0.05, 0) is 37.1 Å². The number of carbonyl (C=O) groups is 1. The van der Waals surface area contributed by atoms with Gasteiger partial charge in [-0.15, -0.1) is 0 Å². The Morgan fingerprint density at radius 2 is 1.84 bits per heavy atom. The molecule has 0 radical (unpaired) electrons. The minimum absolute atomic E-state index is 0.0539. The molecule has 0 unspecified atom stereocenters. The first kappa shape index (κ1) is 15.9. The summed E-state index contributed by atoms with van der Waals surface area (Å²) in [5.41, 5.74) is 0.713. The van der Waals surface area contributed by atoms with Gasteiger partial charge < -0.3 is 14.5 Å². The van der Waals surface area contributed by atoms with E-state index >= 15 is 0 Å². The van der Waals surface area contributed by atoms with Gasteiger partial charge in [-0.3, -0.25) is 4.79 Å². The van der Waals surface area contributed by atoms with Crippen LogP contribution in [-0.4, -0.2) is 48.1 Å². The zero-order chi connectivity index (χ0) is 17.1. The summed E-state index contributed by atoms with van der Waals surface area (Å²) in [4.78, 5) is 21.6. The zero-order valence-electron chi connectivity index (χ0n) is 14.3. The second-order valence-corrected chi connectivity index (χ2v) is 6.66. The third-order valence-electron chi connectivity index (χ3n) is 4.90.